The summed E-state index contributed by atoms with van der Waals surface area (Å²) in [6, 6.07) is 4.14. The molecule has 0 fully saturated rings. The molecular weight excluding hydrogens is 304 g/mol. The van der Waals surface area contributed by atoms with Crippen LogP contribution in [-0.2, 0) is 0 Å². The summed E-state index contributed by atoms with van der Waals surface area (Å²) in [5, 5.41) is 23.6. The average Bonchev–Trinajstić information content (AvgIpc) is 2.28. The van der Waals surface area contributed by atoms with E-state index in [0.29, 0.717) is 0 Å². The highest BCUT2D eigenvalue weighted by Gasteiger charge is 2.43. The van der Waals surface area contributed by atoms with Crippen molar-refractivity contribution >= 4 is 26.5 Å². The largest absolute Gasteiger partial charge is 0.504 e. The number of phenolic OH excluding ortho intramolecular Hbond substituents is 2. The lowest BCUT2D eigenvalue weighted by atomic mass is 10.2. The van der Waals surface area contributed by atoms with Crippen LogP contribution in [-0.4, -0.2) is 26.4 Å². The minimum absolute atomic E-state index is 0.119. The zero-order valence-electron chi connectivity index (χ0n) is 16.0. The monoisotopic (exact) mass is 338 g/mol. The summed E-state index contributed by atoms with van der Waals surface area (Å²) in [7, 11) is -3.76. The molecule has 0 radical (unpaired) electrons. The van der Waals surface area contributed by atoms with E-state index in [1.165, 1.54) is 0 Å². The molecule has 0 bridgehead atoms. The first-order chi connectivity index (χ1) is 9.55. The number of hydrogen-bond donors (Lipinski definition) is 2. The summed E-state index contributed by atoms with van der Waals surface area (Å²) in [5.41, 5.74) is 0. The van der Waals surface area contributed by atoms with Crippen molar-refractivity contribution in [1.82, 2.24) is 0 Å². The van der Waals surface area contributed by atoms with Crippen LogP contribution >= 0.6 is 0 Å². The Kier molecular flexibility index (Phi) is 4.75. The van der Waals surface area contributed by atoms with Gasteiger partial charge in [0.25, 0.3) is 0 Å². The second-order valence-corrected chi connectivity index (χ2v) is 20.2. The second kappa shape index (κ2) is 5.41. The third-order valence-electron chi connectivity index (χ3n) is 6.25. The Balaban J connectivity index is 3.56. The molecule has 0 unspecified atom stereocenters. The van der Waals surface area contributed by atoms with Crippen molar-refractivity contribution in [3.8, 4) is 11.5 Å². The van der Waals surface area contributed by atoms with Gasteiger partial charge in [0.2, 0.25) is 0 Å². The van der Waals surface area contributed by atoms with E-state index in [-0.39, 0.29) is 21.6 Å². The second-order valence-electron chi connectivity index (χ2n) is 9.61. The summed E-state index contributed by atoms with van der Waals surface area (Å²) in [5.74, 6) is 0.239. The highest BCUT2D eigenvalue weighted by molar-refractivity contribution is 6.94. The molecule has 1 rings (SSSR count). The molecule has 0 aliphatic rings. The summed E-state index contributed by atoms with van der Waals surface area (Å²) < 4.78 is 0. The Hall–Kier alpha value is -0.746. The average molecular weight is 339 g/mol. The molecule has 0 spiro atoms. The van der Waals surface area contributed by atoms with Crippen LogP contribution in [0.15, 0.2) is 12.1 Å². The standard InChI is InChI=1S/C18H34O2Si2/c1-17(2,3)21(7,8)13-11-12-14(16(20)15(13)19)22(9,10)18(4,5)6/h11-12,19-20H,1-10H3. The van der Waals surface area contributed by atoms with Gasteiger partial charge in [-0.3, -0.25) is 0 Å². The number of rotatable bonds is 2. The van der Waals surface area contributed by atoms with Gasteiger partial charge in [0.1, 0.15) is 0 Å². The van der Waals surface area contributed by atoms with E-state index >= 15 is 0 Å². The first kappa shape index (κ1) is 19.3. The molecule has 1 aromatic carbocycles. The molecule has 2 nitrogen and oxygen atoms in total. The normalized spacial score (nSPS) is 14.3. The lowest BCUT2D eigenvalue weighted by Crippen LogP contribution is -2.52. The van der Waals surface area contributed by atoms with Crippen LogP contribution in [0, 0.1) is 0 Å². The van der Waals surface area contributed by atoms with Gasteiger partial charge >= 0.3 is 0 Å². The first-order valence-corrected chi connectivity index (χ1v) is 14.1. The maximum absolute atomic E-state index is 10.7. The Morgan fingerprint density at radius 1 is 0.636 bits per heavy atom. The van der Waals surface area contributed by atoms with Crippen LogP contribution < -0.4 is 10.4 Å². The molecule has 0 saturated heterocycles. The van der Waals surface area contributed by atoms with Crippen molar-refractivity contribution in [3.63, 3.8) is 0 Å². The summed E-state index contributed by atoms with van der Waals surface area (Å²) in [6.07, 6.45) is 0. The van der Waals surface area contributed by atoms with E-state index in [4.69, 9.17) is 0 Å². The Labute approximate surface area is 138 Å². The molecule has 22 heavy (non-hydrogen) atoms. The maximum atomic E-state index is 10.7. The minimum Gasteiger partial charge on any atom is -0.504 e. The summed E-state index contributed by atoms with van der Waals surface area (Å²) in [4.78, 5) is 0. The number of aromatic hydroxyl groups is 2. The van der Waals surface area contributed by atoms with Crippen molar-refractivity contribution in [3.05, 3.63) is 12.1 Å². The number of phenols is 2. The zero-order valence-corrected chi connectivity index (χ0v) is 18.0. The third-order valence-corrected chi connectivity index (χ3v) is 17.2. The van der Waals surface area contributed by atoms with Gasteiger partial charge in [-0.05, 0) is 20.4 Å². The van der Waals surface area contributed by atoms with Crippen molar-refractivity contribution < 1.29 is 10.2 Å². The molecule has 2 N–H and O–H groups in total. The topological polar surface area (TPSA) is 40.5 Å². The van der Waals surface area contributed by atoms with Gasteiger partial charge in [0, 0.05) is 0 Å². The van der Waals surface area contributed by atoms with Crippen molar-refractivity contribution in [2.24, 2.45) is 0 Å². The maximum Gasteiger partial charge on any atom is 0.156 e. The SMILES string of the molecule is CC(C)(C)[Si](C)(C)c1ccc([Si](C)(C)C(C)(C)C)c(O)c1O. The van der Waals surface area contributed by atoms with Gasteiger partial charge in [-0.25, -0.2) is 0 Å². The van der Waals surface area contributed by atoms with Crippen molar-refractivity contribution in [1.29, 1.82) is 0 Å². The van der Waals surface area contributed by atoms with E-state index in [2.05, 4.69) is 79.9 Å². The molecule has 0 atom stereocenters. The molecule has 0 aliphatic heterocycles. The Bertz CT molecular complexity index is 511. The highest BCUT2D eigenvalue weighted by atomic mass is 28.3. The minimum atomic E-state index is -1.88. The highest BCUT2D eigenvalue weighted by Crippen LogP contribution is 2.41. The molecule has 0 saturated carbocycles. The van der Waals surface area contributed by atoms with Gasteiger partial charge in [-0.2, -0.15) is 0 Å². The third kappa shape index (κ3) is 3.00. The van der Waals surface area contributed by atoms with Gasteiger partial charge < -0.3 is 10.2 Å². The first-order valence-electron chi connectivity index (χ1n) is 8.11. The molecular formula is C18H34O2Si2. The van der Waals surface area contributed by atoms with Gasteiger partial charge in [-0.1, -0.05) is 79.9 Å². The van der Waals surface area contributed by atoms with Gasteiger partial charge in [0.05, 0.1) is 16.1 Å². The molecule has 1 aromatic rings. The predicted octanol–water partition coefficient (Wildman–Crippen LogP) is 4.53. The quantitative estimate of drug-likeness (QED) is 0.614. The number of benzene rings is 1. The van der Waals surface area contributed by atoms with E-state index in [9.17, 15) is 10.2 Å². The molecule has 126 valence electrons. The van der Waals surface area contributed by atoms with Crippen molar-refractivity contribution in [2.45, 2.75) is 77.8 Å². The lowest BCUT2D eigenvalue weighted by molar-refractivity contribution is 0.408. The van der Waals surface area contributed by atoms with Gasteiger partial charge in [-0.15, -0.1) is 0 Å². The molecule has 4 heteroatoms. The van der Waals surface area contributed by atoms with Crippen molar-refractivity contribution in [2.75, 3.05) is 0 Å². The molecule has 0 aromatic heterocycles. The van der Waals surface area contributed by atoms with Crippen LogP contribution in [0.25, 0.3) is 0 Å². The Morgan fingerprint density at radius 2 is 0.864 bits per heavy atom. The Morgan fingerprint density at radius 3 is 1.05 bits per heavy atom. The summed E-state index contributed by atoms with van der Waals surface area (Å²) in [6.45, 7) is 22.3. The van der Waals surface area contributed by atoms with Gasteiger partial charge in [0.15, 0.2) is 11.5 Å². The molecule has 0 heterocycles. The fraction of sp³-hybridized carbons (Fsp3) is 0.667. The molecule has 0 amide bonds. The fourth-order valence-electron chi connectivity index (χ4n) is 2.40. The lowest BCUT2D eigenvalue weighted by Gasteiger charge is -2.40. The van der Waals surface area contributed by atoms with Crippen LogP contribution in [0.1, 0.15) is 41.5 Å². The van der Waals surface area contributed by atoms with Crippen LogP contribution in [0.3, 0.4) is 0 Å². The number of hydrogen-bond acceptors (Lipinski definition) is 2. The van der Waals surface area contributed by atoms with E-state index in [1.54, 1.807) is 0 Å². The van der Waals surface area contributed by atoms with E-state index in [1.807, 2.05) is 0 Å². The predicted molar refractivity (Wildman–Crippen MR) is 103 cm³/mol. The summed E-state index contributed by atoms with van der Waals surface area (Å²) >= 11 is 0. The zero-order chi connectivity index (χ0) is 17.7. The van der Waals surface area contributed by atoms with Crippen LogP contribution in [0.4, 0.5) is 0 Å². The fourth-order valence-corrected chi connectivity index (χ4v) is 6.43. The van der Waals surface area contributed by atoms with E-state index in [0.717, 1.165) is 10.4 Å². The molecule has 0 aliphatic carbocycles. The smallest absolute Gasteiger partial charge is 0.156 e. The van der Waals surface area contributed by atoms with Crippen LogP contribution in [0.2, 0.25) is 36.3 Å². The van der Waals surface area contributed by atoms with Crippen LogP contribution in [0.5, 0.6) is 11.5 Å². The van der Waals surface area contributed by atoms with E-state index < -0.39 is 16.1 Å².